The van der Waals surface area contributed by atoms with Crippen molar-refractivity contribution in [1.82, 2.24) is 9.97 Å². The number of rotatable bonds is 4. The number of β-amino-alcohol motifs (C(OH)–C–C–N with tert-alkyl or cyclic N) is 1. The Morgan fingerprint density at radius 1 is 1.60 bits per heavy atom. The second-order valence-corrected chi connectivity index (χ2v) is 5.42. The molecule has 0 aromatic carbocycles. The van der Waals surface area contributed by atoms with Crippen LogP contribution in [0, 0.1) is 12.3 Å². The summed E-state index contributed by atoms with van der Waals surface area (Å²) >= 11 is 0. The molecule has 0 unspecified atom stereocenters. The second-order valence-electron chi connectivity index (χ2n) is 5.42. The summed E-state index contributed by atoms with van der Waals surface area (Å²) in [5.41, 5.74) is -0.178. The number of aliphatic hydroxyl groups is 1. The number of anilines is 1. The van der Waals surface area contributed by atoms with Gasteiger partial charge in [-0.15, -0.1) is 0 Å². The molecular formula is C14H21N3O3. The molecular weight excluding hydrogens is 258 g/mol. The fourth-order valence-corrected chi connectivity index (χ4v) is 2.84. The summed E-state index contributed by atoms with van der Waals surface area (Å²) in [7, 11) is 0. The van der Waals surface area contributed by atoms with E-state index in [2.05, 4.69) is 9.97 Å². The van der Waals surface area contributed by atoms with Gasteiger partial charge in [0.05, 0.1) is 11.5 Å². The molecule has 6 heteroatoms. The van der Waals surface area contributed by atoms with Gasteiger partial charge in [-0.1, -0.05) is 13.3 Å². The number of aliphatic carboxylic acids is 1. The maximum Gasteiger partial charge on any atom is 0.312 e. The van der Waals surface area contributed by atoms with Crippen LogP contribution in [0.3, 0.4) is 0 Å². The van der Waals surface area contributed by atoms with Gasteiger partial charge in [0.2, 0.25) is 5.95 Å². The van der Waals surface area contributed by atoms with E-state index in [1.54, 1.807) is 6.20 Å². The van der Waals surface area contributed by atoms with Crippen molar-refractivity contribution in [3.05, 3.63) is 18.0 Å². The number of hydrogen-bond acceptors (Lipinski definition) is 5. The Morgan fingerprint density at radius 3 is 2.90 bits per heavy atom. The number of nitrogens with zero attached hydrogens (tertiary/aromatic N) is 3. The lowest BCUT2D eigenvalue weighted by molar-refractivity contribution is -0.159. The molecule has 1 aliphatic rings. The fraction of sp³-hybridized carbons (Fsp3) is 0.643. The highest BCUT2D eigenvalue weighted by atomic mass is 16.4. The molecule has 0 aliphatic carbocycles. The Hall–Kier alpha value is -1.69. The molecule has 2 N–H and O–H groups in total. The molecule has 1 aromatic rings. The number of carbonyl (C=O) groups is 1. The summed E-state index contributed by atoms with van der Waals surface area (Å²) in [5.74, 6) is -0.351. The molecule has 2 rings (SSSR count). The van der Waals surface area contributed by atoms with E-state index in [9.17, 15) is 15.0 Å². The van der Waals surface area contributed by atoms with E-state index in [1.807, 2.05) is 24.8 Å². The number of hydrogen-bond donors (Lipinski definition) is 2. The summed E-state index contributed by atoms with van der Waals surface area (Å²) in [6.45, 7) is 4.63. The standard InChI is InChI=1S/C14H21N3O3/c1-3-5-14(12(19)20)6-8-17(9-11(14)18)13-15-7-4-10(2)16-13/h4,7,11,18H,3,5-6,8-9H2,1-2H3,(H,19,20)/t11-,14+/m1/s1. The van der Waals surface area contributed by atoms with Crippen LogP contribution in [-0.2, 0) is 4.79 Å². The molecule has 1 aromatic heterocycles. The van der Waals surface area contributed by atoms with Gasteiger partial charge in [0, 0.05) is 25.0 Å². The van der Waals surface area contributed by atoms with Crippen LogP contribution in [0.4, 0.5) is 5.95 Å². The van der Waals surface area contributed by atoms with Gasteiger partial charge in [0.15, 0.2) is 0 Å². The highest BCUT2D eigenvalue weighted by Gasteiger charge is 2.48. The molecule has 0 radical (unpaired) electrons. The van der Waals surface area contributed by atoms with Crippen molar-refractivity contribution in [2.75, 3.05) is 18.0 Å². The highest BCUT2D eigenvalue weighted by molar-refractivity contribution is 5.76. The van der Waals surface area contributed by atoms with Crippen molar-refractivity contribution in [1.29, 1.82) is 0 Å². The van der Waals surface area contributed by atoms with Gasteiger partial charge >= 0.3 is 5.97 Å². The highest BCUT2D eigenvalue weighted by Crippen LogP contribution is 2.37. The first-order valence-electron chi connectivity index (χ1n) is 6.95. The zero-order chi connectivity index (χ0) is 14.8. The van der Waals surface area contributed by atoms with Crippen LogP contribution in [0.15, 0.2) is 12.3 Å². The molecule has 2 heterocycles. The van der Waals surface area contributed by atoms with Crippen molar-refractivity contribution >= 4 is 11.9 Å². The van der Waals surface area contributed by atoms with E-state index in [1.165, 1.54) is 0 Å². The minimum absolute atomic E-state index is 0.260. The number of piperidine rings is 1. The lowest BCUT2D eigenvalue weighted by Gasteiger charge is -2.42. The summed E-state index contributed by atoms with van der Waals surface area (Å²) in [6.07, 6.45) is 2.41. The van der Waals surface area contributed by atoms with E-state index >= 15 is 0 Å². The molecule has 110 valence electrons. The topological polar surface area (TPSA) is 86.5 Å². The molecule has 20 heavy (non-hydrogen) atoms. The fourth-order valence-electron chi connectivity index (χ4n) is 2.84. The van der Waals surface area contributed by atoms with Crippen LogP contribution in [0.5, 0.6) is 0 Å². The normalized spacial score (nSPS) is 26.6. The smallest absolute Gasteiger partial charge is 0.312 e. The van der Waals surface area contributed by atoms with E-state index in [-0.39, 0.29) is 6.54 Å². The van der Waals surface area contributed by atoms with E-state index in [4.69, 9.17) is 0 Å². The maximum atomic E-state index is 11.6. The lowest BCUT2D eigenvalue weighted by atomic mass is 9.73. The van der Waals surface area contributed by atoms with E-state index < -0.39 is 17.5 Å². The third-order valence-corrected chi connectivity index (χ3v) is 4.05. The predicted molar refractivity (Wildman–Crippen MR) is 74.6 cm³/mol. The molecule has 1 saturated heterocycles. The van der Waals surface area contributed by atoms with Gasteiger partial charge in [-0.2, -0.15) is 0 Å². The number of carboxylic acid groups (broad SMARTS) is 1. The zero-order valence-corrected chi connectivity index (χ0v) is 11.9. The first-order valence-corrected chi connectivity index (χ1v) is 6.95. The van der Waals surface area contributed by atoms with Crippen LogP contribution in [0.2, 0.25) is 0 Å². The van der Waals surface area contributed by atoms with E-state index in [0.29, 0.717) is 25.3 Å². The SMILES string of the molecule is CCC[C@]1(C(=O)O)CCN(c2nccc(C)n2)C[C@H]1O. The van der Waals surface area contributed by atoms with Crippen LogP contribution >= 0.6 is 0 Å². The summed E-state index contributed by atoms with van der Waals surface area (Å²) < 4.78 is 0. The van der Waals surface area contributed by atoms with E-state index in [0.717, 1.165) is 12.1 Å². The first kappa shape index (κ1) is 14.7. The van der Waals surface area contributed by atoms with Crippen LogP contribution < -0.4 is 4.90 Å². The van der Waals surface area contributed by atoms with Crippen molar-refractivity contribution in [3.8, 4) is 0 Å². The average molecular weight is 279 g/mol. The Bertz CT molecular complexity index is 494. The number of aromatic nitrogens is 2. The van der Waals surface area contributed by atoms with Crippen LogP contribution in [0.25, 0.3) is 0 Å². The lowest BCUT2D eigenvalue weighted by Crippen LogP contribution is -2.55. The number of aliphatic hydroxyl groups excluding tert-OH is 1. The summed E-state index contributed by atoms with van der Waals surface area (Å²) in [4.78, 5) is 21.9. The Morgan fingerprint density at radius 2 is 2.35 bits per heavy atom. The van der Waals surface area contributed by atoms with Crippen molar-refractivity contribution < 1.29 is 15.0 Å². The van der Waals surface area contributed by atoms with Gasteiger partial charge in [-0.05, 0) is 25.8 Å². The number of aryl methyl sites for hydroxylation is 1. The third-order valence-electron chi connectivity index (χ3n) is 4.05. The molecule has 0 amide bonds. The second kappa shape index (κ2) is 5.75. The molecule has 0 saturated carbocycles. The monoisotopic (exact) mass is 279 g/mol. The molecule has 0 bridgehead atoms. The zero-order valence-electron chi connectivity index (χ0n) is 11.9. The van der Waals surface area contributed by atoms with Crippen LogP contribution in [-0.4, -0.2) is 45.3 Å². The molecule has 6 nitrogen and oxygen atoms in total. The predicted octanol–water partition coefficient (Wildman–Crippen LogP) is 1.23. The average Bonchev–Trinajstić information content (AvgIpc) is 2.41. The van der Waals surface area contributed by atoms with Crippen LogP contribution in [0.1, 0.15) is 31.9 Å². The molecule has 2 atom stereocenters. The van der Waals surface area contributed by atoms with Gasteiger partial charge in [-0.25, -0.2) is 9.97 Å². The molecule has 1 fully saturated rings. The minimum atomic E-state index is -1.03. The largest absolute Gasteiger partial charge is 0.481 e. The molecule has 0 spiro atoms. The Labute approximate surface area is 118 Å². The summed E-state index contributed by atoms with van der Waals surface area (Å²) in [5, 5.41) is 19.8. The van der Waals surface area contributed by atoms with Gasteiger partial charge in [0.25, 0.3) is 0 Å². The first-order chi connectivity index (χ1) is 9.49. The Balaban J connectivity index is 2.17. The van der Waals surface area contributed by atoms with Crippen molar-refractivity contribution in [3.63, 3.8) is 0 Å². The van der Waals surface area contributed by atoms with Gasteiger partial charge in [0.1, 0.15) is 0 Å². The van der Waals surface area contributed by atoms with Gasteiger partial charge < -0.3 is 15.1 Å². The minimum Gasteiger partial charge on any atom is -0.481 e. The Kier molecular flexibility index (Phi) is 4.23. The van der Waals surface area contributed by atoms with Crippen molar-refractivity contribution in [2.24, 2.45) is 5.41 Å². The quantitative estimate of drug-likeness (QED) is 0.862. The third kappa shape index (κ3) is 2.60. The summed E-state index contributed by atoms with van der Waals surface area (Å²) in [6, 6.07) is 1.81. The molecule has 1 aliphatic heterocycles. The number of carboxylic acids is 1. The maximum absolute atomic E-state index is 11.6. The van der Waals surface area contributed by atoms with Gasteiger partial charge in [-0.3, -0.25) is 4.79 Å². The van der Waals surface area contributed by atoms with Crippen molar-refractivity contribution in [2.45, 2.75) is 39.2 Å².